The molecule has 4 N–H and O–H groups in total. The van der Waals surface area contributed by atoms with Crippen LogP contribution in [0.4, 0.5) is 14.0 Å². The number of fused-ring (bicyclic) bond motifs is 5. The van der Waals surface area contributed by atoms with Gasteiger partial charge in [-0.3, -0.25) is 14.2 Å². The number of aromatic nitrogens is 5. The number of ether oxygens (including phenoxy) is 4. The van der Waals surface area contributed by atoms with Crippen LogP contribution in [0.25, 0.3) is 44.7 Å². The van der Waals surface area contributed by atoms with Crippen LogP contribution in [0.5, 0.6) is 5.75 Å². The minimum absolute atomic E-state index is 0.0505. The Bertz CT molecular complexity index is 3010. The largest absolute Gasteiger partial charge is 0.464 e. The molecule has 0 saturated carbocycles. The monoisotopic (exact) mass is 1000 g/mol. The molecular weight excluding hydrogens is 942 g/mol. The lowest BCUT2D eigenvalue weighted by Crippen LogP contribution is -2.54. The highest BCUT2D eigenvalue weighted by Gasteiger charge is 2.43. The van der Waals surface area contributed by atoms with Gasteiger partial charge in [0.1, 0.15) is 35.3 Å². The third-order valence-corrected chi connectivity index (χ3v) is 16.0. The lowest BCUT2D eigenvalue weighted by Gasteiger charge is -2.38. The molecule has 19 heteroatoms. The second-order valence-corrected chi connectivity index (χ2v) is 21.0. The number of rotatable bonds is 12. The second kappa shape index (κ2) is 20.1. The predicted octanol–water partition coefficient (Wildman–Crippen LogP) is 9.43. The van der Waals surface area contributed by atoms with Crippen LogP contribution >= 0.6 is 11.3 Å². The van der Waals surface area contributed by atoms with Gasteiger partial charge in [0.15, 0.2) is 0 Å². The van der Waals surface area contributed by atoms with Crippen molar-refractivity contribution in [3.05, 3.63) is 88.1 Å². The first-order valence-electron chi connectivity index (χ1n) is 25.0. The zero-order valence-electron chi connectivity index (χ0n) is 41.6. The summed E-state index contributed by atoms with van der Waals surface area (Å²) in [4.78, 5) is 75.2. The molecule has 3 fully saturated rings. The fourth-order valence-corrected chi connectivity index (χ4v) is 12.3. The maximum atomic E-state index is 16.9. The topological polar surface area (TPSA) is 198 Å². The van der Waals surface area contributed by atoms with Gasteiger partial charge in [0.25, 0.3) is 0 Å². The number of likely N-dealkylation sites (tertiary alicyclic amines) is 2. The molecule has 2 aromatic carbocycles. The van der Waals surface area contributed by atoms with Crippen LogP contribution in [0.3, 0.4) is 0 Å². The van der Waals surface area contributed by atoms with Crippen molar-refractivity contribution in [2.45, 2.75) is 122 Å². The maximum Gasteiger partial charge on any atom is 0.407 e. The van der Waals surface area contributed by atoms with Crippen molar-refractivity contribution in [3.63, 3.8) is 0 Å². The Morgan fingerprint density at radius 1 is 0.833 bits per heavy atom. The second-order valence-electron chi connectivity index (χ2n) is 19.8. The number of H-pyrrole nitrogens is 2. The van der Waals surface area contributed by atoms with Crippen molar-refractivity contribution < 1.29 is 42.5 Å². The molecule has 72 heavy (non-hydrogen) atoms. The number of carbonyl (C=O) groups is 4. The summed E-state index contributed by atoms with van der Waals surface area (Å²) in [5.41, 5.74) is 4.62. The van der Waals surface area contributed by atoms with Gasteiger partial charge >= 0.3 is 12.2 Å². The number of carbonyl (C=O) groups excluding carboxylic acids is 4. The van der Waals surface area contributed by atoms with Gasteiger partial charge in [-0.25, -0.2) is 23.9 Å². The highest BCUT2D eigenvalue weighted by molar-refractivity contribution is 7.12. The van der Waals surface area contributed by atoms with E-state index in [4.69, 9.17) is 28.9 Å². The van der Waals surface area contributed by atoms with Crippen LogP contribution in [0.15, 0.2) is 60.9 Å². The first kappa shape index (κ1) is 48.9. The van der Waals surface area contributed by atoms with Crippen LogP contribution in [0, 0.1) is 17.7 Å². The molecule has 0 radical (unpaired) electrons. The lowest BCUT2D eigenvalue weighted by atomic mass is 9.85. The summed E-state index contributed by atoms with van der Waals surface area (Å²) >= 11 is 1.66. The van der Waals surface area contributed by atoms with Crippen molar-refractivity contribution in [1.82, 2.24) is 44.9 Å². The summed E-state index contributed by atoms with van der Waals surface area (Å²) in [6.45, 7) is 10.9. The van der Waals surface area contributed by atoms with Crippen LogP contribution in [-0.2, 0) is 30.2 Å². The zero-order chi connectivity index (χ0) is 50.5. The Labute approximate surface area is 421 Å². The smallest absolute Gasteiger partial charge is 0.407 e. The van der Waals surface area contributed by atoms with Gasteiger partial charge < -0.3 is 49.3 Å². The molecule has 8 atom stereocenters. The Morgan fingerprint density at radius 3 is 2.10 bits per heavy atom. The summed E-state index contributed by atoms with van der Waals surface area (Å²) in [6, 6.07) is 13.4. The zero-order valence-corrected chi connectivity index (χ0v) is 42.4. The van der Waals surface area contributed by atoms with Gasteiger partial charge in [0.05, 0.1) is 83.9 Å². The predicted molar refractivity (Wildman–Crippen MR) is 269 cm³/mol. The number of benzene rings is 2. The van der Waals surface area contributed by atoms with E-state index in [9.17, 15) is 19.2 Å². The Kier molecular flexibility index (Phi) is 13.6. The SMILES string of the molecule is CCc1ccc(C2Oc3cc(-c4cnc([C@@H]5CCCN5C(=O)[C@@H](NC(=O)OC)C(C)C)[nH]4)cc(F)c3-c3cc4cc(-c5cnc([C@@H]6CCCN6C(=O)C(NC(=O)OC)C6C[C@@H](C)O[C@@H](C)C6)[nH]5)ccc4n32)s1. The first-order valence-corrected chi connectivity index (χ1v) is 25.8. The van der Waals surface area contributed by atoms with Gasteiger partial charge in [0, 0.05) is 34.5 Å². The van der Waals surface area contributed by atoms with E-state index in [0.29, 0.717) is 78.7 Å². The molecular formula is C53H62FN9O8S. The molecule has 380 valence electrons. The third kappa shape index (κ3) is 9.20. The number of nitrogens with one attached hydrogen (secondary N) is 4. The quantitative estimate of drug-likeness (QED) is 0.0916. The molecule has 6 aromatic rings. The minimum Gasteiger partial charge on any atom is -0.464 e. The van der Waals surface area contributed by atoms with Crippen molar-refractivity contribution in [2.24, 2.45) is 11.8 Å². The molecule has 0 bridgehead atoms. The van der Waals surface area contributed by atoms with Crippen LogP contribution in [0.1, 0.15) is 113 Å². The summed E-state index contributed by atoms with van der Waals surface area (Å²) < 4.78 is 41.6. The van der Waals surface area contributed by atoms with Gasteiger partial charge in [0.2, 0.25) is 18.0 Å². The number of nitrogens with zero attached hydrogens (tertiary/aromatic N) is 5. The number of amides is 4. The third-order valence-electron chi connectivity index (χ3n) is 14.7. The number of hydrogen-bond acceptors (Lipinski definition) is 11. The van der Waals surface area contributed by atoms with E-state index in [-0.39, 0.29) is 47.9 Å². The van der Waals surface area contributed by atoms with Crippen molar-refractivity contribution >= 4 is 46.2 Å². The Balaban J connectivity index is 0.945. The number of halogens is 1. The number of aryl methyl sites for hydroxylation is 1. The summed E-state index contributed by atoms with van der Waals surface area (Å²) in [5.74, 6) is 0.483. The number of alkyl carbamates (subject to hydrolysis) is 2. The van der Waals surface area contributed by atoms with Crippen molar-refractivity contribution in [3.8, 4) is 39.5 Å². The molecule has 8 heterocycles. The normalized spacial score (nSPS) is 22.6. The highest BCUT2D eigenvalue weighted by Crippen LogP contribution is 2.48. The van der Waals surface area contributed by atoms with E-state index in [1.807, 2.05) is 56.9 Å². The molecule has 4 aliphatic heterocycles. The van der Waals surface area contributed by atoms with Gasteiger partial charge in [-0.05, 0) is 113 Å². The lowest BCUT2D eigenvalue weighted by molar-refractivity contribution is -0.138. The number of imidazole rings is 2. The molecule has 3 saturated heterocycles. The standard InChI is InChI=1S/C53H62FN9O8S/c1-8-34-14-16-43(72-34)51-63-38-15-13-30(36-25-55-47(57-36)40-12-10-18-62(40)50(65)46(60-53(67)69-7)33-19-28(4)70-29(5)20-33)21-32(38)23-41(63)44-35(54)22-31(24-42(44)71-51)37-26-56-48(58-37)39-11-9-17-61(39)49(64)45(27(2)3)59-52(66)68-6/h13-16,21-29,33,39-40,45-46,51H,8-12,17-20H2,1-7H3,(H,55,57)(H,56,58)(H,59,66)(H,60,67)/t28-,29+,33?,39-,40-,45-,46?,51?/m0/s1. The summed E-state index contributed by atoms with van der Waals surface area (Å²) in [5, 5.41) is 6.42. The number of hydrogen-bond donors (Lipinski definition) is 4. The molecule has 17 nitrogen and oxygen atoms in total. The average Bonchev–Trinajstić information content (AvgIpc) is 4.23. The Morgan fingerprint density at radius 2 is 1.47 bits per heavy atom. The summed E-state index contributed by atoms with van der Waals surface area (Å²) in [6.07, 6.45) is 6.51. The molecule has 4 aromatic heterocycles. The first-order chi connectivity index (χ1) is 34.7. The van der Waals surface area contributed by atoms with Gasteiger partial charge in [-0.2, -0.15) is 0 Å². The van der Waals surface area contributed by atoms with E-state index < -0.39 is 36.3 Å². The van der Waals surface area contributed by atoms with Crippen molar-refractivity contribution in [1.29, 1.82) is 0 Å². The molecule has 0 spiro atoms. The molecule has 0 aliphatic carbocycles. The van der Waals surface area contributed by atoms with Crippen LogP contribution in [-0.4, -0.2) is 110 Å². The van der Waals surface area contributed by atoms with Crippen molar-refractivity contribution in [2.75, 3.05) is 27.3 Å². The van der Waals surface area contributed by atoms with E-state index in [2.05, 4.69) is 50.3 Å². The number of thiophene rings is 1. The van der Waals surface area contributed by atoms with E-state index in [1.54, 1.807) is 28.6 Å². The molecule has 3 unspecified atom stereocenters. The fraction of sp³-hybridized carbons (Fsp3) is 0.472. The molecule has 4 amide bonds. The van der Waals surface area contributed by atoms with Crippen LogP contribution < -0.4 is 15.4 Å². The highest BCUT2D eigenvalue weighted by atomic mass is 32.1. The average molecular weight is 1000 g/mol. The number of aromatic amines is 2. The maximum absolute atomic E-state index is 16.9. The van der Waals surface area contributed by atoms with E-state index in [0.717, 1.165) is 46.3 Å². The number of methoxy groups -OCH3 is 2. The fourth-order valence-electron chi connectivity index (χ4n) is 11.3. The van der Waals surface area contributed by atoms with Gasteiger partial charge in [-0.1, -0.05) is 26.8 Å². The minimum atomic E-state index is -0.773. The van der Waals surface area contributed by atoms with Crippen LogP contribution in [0.2, 0.25) is 0 Å². The molecule has 10 rings (SSSR count). The van der Waals surface area contributed by atoms with Gasteiger partial charge in [-0.15, -0.1) is 11.3 Å². The summed E-state index contributed by atoms with van der Waals surface area (Å²) in [7, 11) is 2.57. The van der Waals surface area contributed by atoms with E-state index >= 15 is 4.39 Å². The van der Waals surface area contributed by atoms with E-state index in [1.165, 1.54) is 25.2 Å². The molecule has 4 aliphatic rings. The Hall–Kier alpha value is -6.73.